The van der Waals surface area contributed by atoms with Crippen molar-refractivity contribution in [2.45, 2.75) is 90.5 Å². The highest BCUT2D eigenvalue weighted by atomic mass is 32.1. The SMILES string of the molecule is Cc1ncsc1-c1ccc(CNC(=O)[C@@H]2C[C@@H](O)CN2C(=O)[C@H](C(C)C)N2Cc3ccccc3C2=O)c(OCCCOCCOc2ccc(N3C(=S)N(c4ccc(C#N)c(C(F)(F)F)c4)C(=O)C3(C)C)cc2)c1. The van der Waals surface area contributed by atoms with Crippen molar-refractivity contribution in [1.82, 2.24) is 20.1 Å². The standard InChI is InChI=1S/C53H54F3N7O8S2/c1-31(2)45(61-28-36-9-6-7-10-41(36)48(61)66)49(67)60-29-39(64)25-43(60)47(65)58-27-35-12-11-33(46-32(3)59-30-73-46)23-44(35)71-20-8-19-69-21-22-70-40-17-15-37(16-18-40)63-51(72)62(50(68)52(63,4)5)38-14-13-34(26-57)42(24-38)53(54,55)56/h6-7,9-18,23-24,30-31,39,43,45,64H,8,19-22,25,27-29H2,1-5H3,(H,58,65)/t39-,43+,45+/m1/s1. The first-order valence-corrected chi connectivity index (χ1v) is 25.0. The molecule has 0 aliphatic carbocycles. The first-order chi connectivity index (χ1) is 34.8. The average molecular weight is 1040 g/mol. The van der Waals surface area contributed by atoms with Crippen LogP contribution in [0.5, 0.6) is 11.5 Å². The summed E-state index contributed by atoms with van der Waals surface area (Å²) in [6, 6.07) is 22.6. The summed E-state index contributed by atoms with van der Waals surface area (Å²) < 4.78 is 59.4. The number of likely N-dealkylation sites (tertiary alicyclic amines) is 1. The van der Waals surface area contributed by atoms with Gasteiger partial charge in [0.2, 0.25) is 11.8 Å². The number of benzene rings is 4. The number of carbonyl (C=O) groups excluding carboxylic acids is 4. The number of amides is 4. The number of nitrogens with one attached hydrogen (secondary N) is 1. The molecule has 0 saturated carbocycles. The van der Waals surface area contributed by atoms with E-state index in [1.165, 1.54) is 22.3 Å². The maximum absolute atomic E-state index is 14.3. The van der Waals surface area contributed by atoms with Gasteiger partial charge in [0.25, 0.3) is 11.8 Å². The number of thiazole rings is 1. The van der Waals surface area contributed by atoms with Crippen LogP contribution in [0.2, 0.25) is 0 Å². The molecule has 4 aromatic carbocycles. The number of aromatic nitrogens is 1. The average Bonchev–Trinajstić information content (AvgIpc) is 4.10. The fraction of sp³-hybridized carbons (Fsp3) is 0.377. The van der Waals surface area contributed by atoms with E-state index in [0.29, 0.717) is 41.3 Å². The van der Waals surface area contributed by atoms with Gasteiger partial charge in [0, 0.05) is 55.9 Å². The van der Waals surface area contributed by atoms with Gasteiger partial charge in [0.1, 0.15) is 35.7 Å². The van der Waals surface area contributed by atoms with Gasteiger partial charge in [-0.15, -0.1) is 11.3 Å². The van der Waals surface area contributed by atoms with Crippen molar-refractivity contribution in [3.63, 3.8) is 0 Å². The number of halogens is 3. The highest BCUT2D eigenvalue weighted by molar-refractivity contribution is 7.81. The number of rotatable bonds is 18. The Labute approximate surface area is 430 Å². The third kappa shape index (κ3) is 10.9. The zero-order valence-corrected chi connectivity index (χ0v) is 42.4. The normalized spacial score (nSPS) is 17.8. The van der Waals surface area contributed by atoms with Crippen LogP contribution in [0.1, 0.15) is 78.8 Å². The van der Waals surface area contributed by atoms with E-state index in [1.807, 2.05) is 51.1 Å². The van der Waals surface area contributed by atoms with Crippen LogP contribution in [0.15, 0.2) is 90.4 Å². The maximum atomic E-state index is 14.3. The Morgan fingerprint density at radius 2 is 1.73 bits per heavy atom. The molecule has 73 heavy (non-hydrogen) atoms. The van der Waals surface area contributed by atoms with Crippen LogP contribution in [-0.4, -0.2) is 105 Å². The van der Waals surface area contributed by atoms with Crippen molar-refractivity contribution in [1.29, 1.82) is 5.26 Å². The van der Waals surface area contributed by atoms with Gasteiger partial charge in [-0.2, -0.15) is 18.4 Å². The molecule has 2 saturated heterocycles. The van der Waals surface area contributed by atoms with E-state index in [4.69, 9.17) is 26.4 Å². The zero-order chi connectivity index (χ0) is 52.4. The quantitative estimate of drug-likeness (QED) is 0.0639. The molecule has 0 bridgehead atoms. The van der Waals surface area contributed by atoms with Gasteiger partial charge in [-0.1, -0.05) is 44.2 Å². The van der Waals surface area contributed by atoms with Crippen molar-refractivity contribution in [2.75, 3.05) is 42.8 Å². The van der Waals surface area contributed by atoms with Crippen molar-refractivity contribution >= 4 is 63.7 Å². The molecule has 2 N–H and O–H groups in total. The number of nitrogens with zero attached hydrogens (tertiary/aromatic N) is 6. The number of fused-ring (bicyclic) bond motifs is 1. The molecule has 0 unspecified atom stereocenters. The lowest BCUT2D eigenvalue weighted by Gasteiger charge is -2.35. The Kier molecular flexibility index (Phi) is 15.5. The zero-order valence-electron chi connectivity index (χ0n) is 40.8. The molecule has 1 aromatic heterocycles. The first-order valence-electron chi connectivity index (χ1n) is 23.7. The highest BCUT2D eigenvalue weighted by Gasteiger charge is 2.51. The molecule has 20 heteroatoms. The van der Waals surface area contributed by atoms with E-state index in [-0.39, 0.29) is 74.4 Å². The van der Waals surface area contributed by atoms with E-state index >= 15 is 0 Å². The van der Waals surface area contributed by atoms with Crippen LogP contribution in [0.4, 0.5) is 24.5 Å². The number of β-amino-alcohol motifs (C(OH)–C–C–N with tert-alkyl or cyclic N) is 1. The number of thiocarbonyl (C=S) groups is 1. The number of anilines is 2. The topological polar surface area (TPSA) is 178 Å². The summed E-state index contributed by atoms with van der Waals surface area (Å²) in [4.78, 5) is 66.2. The Hall–Kier alpha value is -6.92. The predicted octanol–water partition coefficient (Wildman–Crippen LogP) is 8.05. The van der Waals surface area contributed by atoms with Crippen LogP contribution in [-0.2, 0) is 38.4 Å². The van der Waals surface area contributed by atoms with Crippen LogP contribution >= 0.6 is 23.6 Å². The van der Waals surface area contributed by atoms with Crippen LogP contribution in [0.3, 0.4) is 0 Å². The molecule has 4 heterocycles. The van der Waals surface area contributed by atoms with Gasteiger partial charge >= 0.3 is 6.18 Å². The molecule has 0 radical (unpaired) electrons. The molecule has 3 atom stereocenters. The lowest BCUT2D eigenvalue weighted by Crippen LogP contribution is -2.55. The summed E-state index contributed by atoms with van der Waals surface area (Å²) in [5, 5.41) is 23.0. The summed E-state index contributed by atoms with van der Waals surface area (Å²) in [5.41, 5.74) is 3.06. The molecular formula is C53H54F3N7O8S2. The van der Waals surface area contributed by atoms with Crippen molar-refractivity contribution in [3.8, 4) is 28.0 Å². The Morgan fingerprint density at radius 3 is 2.41 bits per heavy atom. The lowest BCUT2D eigenvalue weighted by molar-refractivity contribution is -0.143. The van der Waals surface area contributed by atoms with Gasteiger partial charge in [0.05, 0.1) is 58.3 Å². The largest absolute Gasteiger partial charge is 0.493 e. The summed E-state index contributed by atoms with van der Waals surface area (Å²) in [5.74, 6) is -0.787. The maximum Gasteiger partial charge on any atom is 0.417 e. The minimum Gasteiger partial charge on any atom is -0.493 e. The van der Waals surface area contributed by atoms with Gasteiger partial charge < -0.3 is 39.3 Å². The van der Waals surface area contributed by atoms with Gasteiger partial charge in [-0.3, -0.25) is 24.1 Å². The van der Waals surface area contributed by atoms with Gasteiger partial charge in [-0.05, 0) is 105 Å². The Balaban J connectivity index is 0.834. The summed E-state index contributed by atoms with van der Waals surface area (Å²) in [6.45, 7) is 10.3. The summed E-state index contributed by atoms with van der Waals surface area (Å²) in [7, 11) is 0. The molecule has 3 aliphatic rings. The number of carbonyl (C=O) groups is 4. The van der Waals surface area contributed by atoms with Crippen molar-refractivity contribution < 1.29 is 51.7 Å². The molecule has 4 amide bonds. The first kappa shape index (κ1) is 52.4. The third-order valence-electron chi connectivity index (χ3n) is 13.1. The number of hydrogen-bond acceptors (Lipinski definition) is 12. The minimum absolute atomic E-state index is 0.0207. The van der Waals surface area contributed by atoms with Gasteiger partial charge in [-0.25, -0.2) is 4.98 Å². The number of nitriles is 1. The number of hydrogen-bond donors (Lipinski definition) is 2. The second-order valence-corrected chi connectivity index (χ2v) is 20.0. The monoisotopic (exact) mass is 1040 g/mol. The fourth-order valence-electron chi connectivity index (χ4n) is 9.43. The molecule has 2 fully saturated rings. The smallest absolute Gasteiger partial charge is 0.417 e. The van der Waals surface area contributed by atoms with E-state index in [9.17, 15) is 42.7 Å². The number of aliphatic hydroxyl groups excluding tert-OH is 1. The molecule has 15 nitrogen and oxygen atoms in total. The number of ether oxygens (including phenoxy) is 3. The van der Waals surface area contributed by atoms with Gasteiger partial charge in [0.15, 0.2) is 5.11 Å². The second-order valence-electron chi connectivity index (χ2n) is 18.8. The van der Waals surface area contributed by atoms with Crippen LogP contribution in [0, 0.1) is 24.2 Å². The number of aliphatic hydroxyl groups is 1. The summed E-state index contributed by atoms with van der Waals surface area (Å²) in [6.07, 6.45) is -5.15. The van der Waals surface area contributed by atoms with Crippen LogP contribution in [0.25, 0.3) is 10.4 Å². The summed E-state index contributed by atoms with van der Waals surface area (Å²) >= 11 is 7.15. The van der Waals surface area contributed by atoms with Crippen molar-refractivity contribution in [2.24, 2.45) is 5.92 Å². The van der Waals surface area contributed by atoms with E-state index in [1.54, 1.807) is 71.6 Å². The van der Waals surface area contributed by atoms with Crippen LogP contribution < -0.4 is 24.6 Å². The van der Waals surface area contributed by atoms with E-state index in [2.05, 4.69) is 10.3 Å². The fourth-order valence-corrected chi connectivity index (χ4v) is 10.7. The molecule has 5 aromatic rings. The molecule has 382 valence electrons. The predicted molar refractivity (Wildman–Crippen MR) is 271 cm³/mol. The van der Waals surface area contributed by atoms with E-state index in [0.717, 1.165) is 38.7 Å². The number of aryl methyl sites for hydroxylation is 1. The Bertz CT molecular complexity index is 2960. The molecular weight excluding hydrogens is 984 g/mol. The minimum atomic E-state index is -4.81. The second kappa shape index (κ2) is 21.7. The van der Waals surface area contributed by atoms with E-state index < -0.39 is 52.8 Å². The lowest BCUT2D eigenvalue weighted by atomic mass is 10.0. The molecule has 3 aliphatic heterocycles. The molecule has 8 rings (SSSR count). The molecule has 0 spiro atoms. The number of alkyl halides is 3. The highest BCUT2D eigenvalue weighted by Crippen LogP contribution is 2.40. The van der Waals surface area contributed by atoms with Crippen molar-refractivity contribution in [3.05, 3.63) is 124 Å². The third-order valence-corrected chi connectivity index (χ3v) is 14.4. The Morgan fingerprint density at radius 1 is 0.986 bits per heavy atom.